The molecule has 3 rings (SSSR count). The van der Waals surface area contributed by atoms with Crippen LogP contribution in [0.4, 0.5) is 5.69 Å². The highest BCUT2D eigenvalue weighted by Gasteiger charge is 2.44. The molecule has 1 aliphatic rings. The monoisotopic (exact) mass is 429 g/mol. The molecule has 0 saturated heterocycles. The van der Waals surface area contributed by atoms with Gasteiger partial charge in [0.05, 0.1) is 23.6 Å². The molecule has 2 atom stereocenters. The van der Waals surface area contributed by atoms with Crippen LogP contribution in [0.15, 0.2) is 60.3 Å². The molecule has 2 aromatic carbocycles. The standard InChI is InChI=1S/C25H27N5O2/c1-16(2)15-30-23(18(13-27)14-28-3)22(20-9-4-5-10-21(20)25(30)32)24(31)29-19-8-6-7-17(11-19)12-26/h4-11,13-14,16,22-23,27-28H,15H2,1-3H3,(H,29,31)/b18-14+,27-13?/t22-,23+/m0/s1. The van der Waals surface area contributed by atoms with Crippen molar-refractivity contribution < 1.29 is 9.59 Å². The molecular formula is C25H27N5O2. The lowest BCUT2D eigenvalue weighted by molar-refractivity contribution is -0.118. The fourth-order valence-corrected chi connectivity index (χ4v) is 4.11. The highest BCUT2D eigenvalue weighted by molar-refractivity contribution is 6.05. The van der Waals surface area contributed by atoms with Gasteiger partial charge < -0.3 is 20.9 Å². The Kier molecular flexibility index (Phi) is 7.06. The third-order valence-electron chi connectivity index (χ3n) is 5.36. The first-order valence-corrected chi connectivity index (χ1v) is 10.5. The molecule has 0 unspecified atom stereocenters. The van der Waals surface area contributed by atoms with Gasteiger partial charge in [-0.15, -0.1) is 0 Å². The summed E-state index contributed by atoms with van der Waals surface area (Å²) in [6, 6.07) is 15.3. The lowest BCUT2D eigenvalue weighted by Gasteiger charge is -2.42. The Morgan fingerprint density at radius 2 is 2.00 bits per heavy atom. The minimum Gasteiger partial charge on any atom is -0.394 e. The van der Waals surface area contributed by atoms with Gasteiger partial charge in [-0.2, -0.15) is 5.26 Å². The number of anilines is 1. The van der Waals surface area contributed by atoms with Gasteiger partial charge in [-0.1, -0.05) is 38.1 Å². The van der Waals surface area contributed by atoms with Gasteiger partial charge in [0.15, 0.2) is 0 Å². The number of nitrogens with one attached hydrogen (secondary N) is 3. The Balaban J connectivity index is 2.14. The molecular weight excluding hydrogens is 402 g/mol. The number of hydrogen-bond donors (Lipinski definition) is 3. The Labute approximate surface area is 188 Å². The average molecular weight is 430 g/mol. The zero-order valence-electron chi connectivity index (χ0n) is 18.4. The minimum absolute atomic E-state index is 0.154. The summed E-state index contributed by atoms with van der Waals surface area (Å²) in [7, 11) is 1.72. The van der Waals surface area contributed by atoms with E-state index in [1.807, 2.05) is 19.9 Å². The van der Waals surface area contributed by atoms with E-state index in [1.54, 1.807) is 60.6 Å². The first-order chi connectivity index (χ1) is 15.4. The van der Waals surface area contributed by atoms with Gasteiger partial charge in [0.2, 0.25) is 5.91 Å². The third-order valence-corrected chi connectivity index (χ3v) is 5.36. The van der Waals surface area contributed by atoms with E-state index in [0.717, 1.165) is 0 Å². The van der Waals surface area contributed by atoms with Crippen LogP contribution >= 0.6 is 0 Å². The lowest BCUT2D eigenvalue weighted by Crippen LogP contribution is -2.53. The highest BCUT2D eigenvalue weighted by atomic mass is 16.2. The van der Waals surface area contributed by atoms with Crippen molar-refractivity contribution in [3.63, 3.8) is 0 Å². The normalized spacial score (nSPS) is 18.0. The largest absolute Gasteiger partial charge is 0.394 e. The molecule has 0 saturated carbocycles. The van der Waals surface area contributed by atoms with Crippen LogP contribution in [0.2, 0.25) is 0 Å². The summed E-state index contributed by atoms with van der Waals surface area (Å²) in [6.45, 7) is 4.47. The number of carbonyl (C=O) groups excluding carboxylic acids is 2. The number of carbonyl (C=O) groups is 2. The fourth-order valence-electron chi connectivity index (χ4n) is 4.11. The van der Waals surface area contributed by atoms with E-state index in [2.05, 4.69) is 16.7 Å². The lowest BCUT2D eigenvalue weighted by atomic mass is 9.78. The van der Waals surface area contributed by atoms with Crippen molar-refractivity contribution >= 4 is 23.7 Å². The molecule has 164 valence electrons. The molecule has 0 aliphatic carbocycles. The zero-order valence-corrected chi connectivity index (χ0v) is 18.4. The van der Waals surface area contributed by atoms with Gasteiger partial charge in [0.1, 0.15) is 0 Å². The Morgan fingerprint density at radius 1 is 1.25 bits per heavy atom. The van der Waals surface area contributed by atoms with Gasteiger partial charge in [-0.3, -0.25) is 9.59 Å². The van der Waals surface area contributed by atoms with E-state index < -0.39 is 12.0 Å². The molecule has 0 aromatic heterocycles. The SMILES string of the molecule is CN/C=C(\C=N)[C@@H]1[C@@H](C(=O)Nc2cccc(C#N)c2)c2ccccc2C(=O)N1CC(C)C. The van der Waals surface area contributed by atoms with Crippen LogP contribution in [0, 0.1) is 22.7 Å². The van der Waals surface area contributed by atoms with Crippen LogP contribution in [0.1, 0.15) is 41.3 Å². The van der Waals surface area contributed by atoms with E-state index in [9.17, 15) is 14.9 Å². The van der Waals surface area contributed by atoms with E-state index >= 15 is 0 Å². The average Bonchev–Trinajstić information content (AvgIpc) is 2.79. The van der Waals surface area contributed by atoms with Crippen molar-refractivity contribution in [3.8, 4) is 6.07 Å². The molecule has 7 nitrogen and oxygen atoms in total. The van der Waals surface area contributed by atoms with Crippen molar-refractivity contribution in [2.24, 2.45) is 5.92 Å². The van der Waals surface area contributed by atoms with Gasteiger partial charge >= 0.3 is 0 Å². The van der Waals surface area contributed by atoms with E-state index in [1.165, 1.54) is 6.21 Å². The zero-order chi connectivity index (χ0) is 23.3. The summed E-state index contributed by atoms with van der Waals surface area (Å²) in [6.07, 6.45) is 2.84. The first-order valence-electron chi connectivity index (χ1n) is 10.5. The topological polar surface area (TPSA) is 109 Å². The number of rotatable bonds is 7. The predicted octanol–water partition coefficient (Wildman–Crippen LogP) is 3.51. The van der Waals surface area contributed by atoms with Gasteiger partial charge in [0, 0.05) is 42.8 Å². The molecule has 3 N–H and O–H groups in total. The fraction of sp³-hybridized carbons (Fsp3) is 0.280. The molecule has 32 heavy (non-hydrogen) atoms. The Morgan fingerprint density at radius 3 is 2.66 bits per heavy atom. The molecule has 0 bridgehead atoms. The smallest absolute Gasteiger partial charge is 0.254 e. The Bertz CT molecular complexity index is 1100. The molecule has 0 radical (unpaired) electrons. The van der Waals surface area contributed by atoms with Crippen LogP contribution < -0.4 is 10.6 Å². The summed E-state index contributed by atoms with van der Waals surface area (Å²) < 4.78 is 0. The Hall–Kier alpha value is -3.92. The third kappa shape index (κ3) is 4.54. The maximum atomic E-state index is 13.6. The summed E-state index contributed by atoms with van der Waals surface area (Å²) in [4.78, 5) is 28.8. The van der Waals surface area contributed by atoms with Crippen molar-refractivity contribution in [2.45, 2.75) is 25.8 Å². The molecule has 1 heterocycles. The van der Waals surface area contributed by atoms with Gasteiger partial charge in [0.25, 0.3) is 5.91 Å². The van der Waals surface area contributed by atoms with Crippen LogP contribution in [-0.2, 0) is 4.79 Å². The summed E-state index contributed by atoms with van der Waals surface area (Å²) >= 11 is 0. The highest BCUT2D eigenvalue weighted by Crippen LogP contribution is 2.37. The predicted molar refractivity (Wildman–Crippen MR) is 125 cm³/mol. The quantitative estimate of drug-likeness (QED) is 0.585. The maximum Gasteiger partial charge on any atom is 0.254 e. The molecule has 0 spiro atoms. The molecule has 7 heteroatoms. The molecule has 1 aliphatic heterocycles. The maximum absolute atomic E-state index is 13.6. The number of nitrogens with zero attached hydrogens (tertiary/aromatic N) is 2. The van der Waals surface area contributed by atoms with E-state index in [0.29, 0.717) is 34.5 Å². The summed E-state index contributed by atoms with van der Waals surface area (Å²) in [5.74, 6) is -1.01. The molecule has 0 fully saturated rings. The second-order valence-corrected chi connectivity index (χ2v) is 8.12. The molecule has 2 amide bonds. The van der Waals surface area contributed by atoms with E-state index in [-0.39, 0.29) is 17.7 Å². The number of amides is 2. The van der Waals surface area contributed by atoms with Crippen LogP contribution in [0.25, 0.3) is 0 Å². The van der Waals surface area contributed by atoms with Crippen LogP contribution in [-0.4, -0.2) is 42.6 Å². The first kappa shape index (κ1) is 22.8. The van der Waals surface area contributed by atoms with Gasteiger partial charge in [-0.05, 0) is 35.7 Å². The van der Waals surface area contributed by atoms with Crippen LogP contribution in [0.5, 0.6) is 0 Å². The summed E-state index contributed by atoms with van der Waals surface area (Å²) in [5, 5.41) is 23.0. The van der Waals surface area contributed by atoms with Crippen molar-refractivity contribution in [2.75, 3.05) is 18.9 Å². The summed E-state index contributed by atoms with van der Waals surface area (Å²) in [5.41, 5.74) is 2.59. The molecule has 2 aromatic rings. The van der Waals surface area contributed by atoms with Crippen molar-refractivity contribution in [1.82, 2.24) is 10.2 Å². The number of fused-ring (bicyclic) bond motifs is 1. The second kappa shape index (κ2) is 9.92. The van der Waals surface area contributed by atoms with Crippen molar-refractivity contribution in [3.05, 3.63) is 77.0 Å². The van der Waals surface area contributed by atoms with Crippen LogP contribution in [0.3, 0.4) is 0 Å². The number of hydrogen-bond acceptors (Lipinski definition) is 5. The minimum atomic E-state index is -0.727. The number of nitriles is 1. The van der Waals surface area contributed by atoms with Gasteiger partial charge in [-0.25, -0.2) is 0 Å². The van der Waals surface area contributed by atoms with E-state index in [4.69, 9.17) is 5.41 Å². The van der Waals surface area contributed by atoms with Crippen molar-refractivity contribution in [1.29, 1.82) is 10.7 Å². The number of benzene rings is 2. The second-order valence-electron chi connectivity index (χ2n) is 8.12.